The number of ether oxygens (including phenoxy) is 5. The van der Waals surface area contributed by atoms with Gasteiger partial charge in [0.25, 0.3) is 5.56 Å². The van der Waals surface area contributed by atoms with Gasteiger partial charge in [0.2, 0.25) is 6.79 Å². The first-order valence-electron chi connectivity index (χ1n) is 12.5. The van der Waals surface area contributed by atoms with Gasteiger partial charge in [0.15, 0.2) is 27.8 Å². The third kappa shape index (κ3) is 5.07. The van der Waals surface area contributed by atoms with E-state index in [0.29, 0.717) is 62.4 Å². The smallest absolute Gasteiger partial charge is 0.338 e. The molecule has 0 saturated carbocycles. The fraction of sp³-hybridized carbons (Fsp3) is 0.276. The lowest BCUT2D eigenvalue weighted by Crippen LogP contribution is -2.40. The van der Waals surface area contributed by atoms with Crippen LogP contribution in [0.3, 0.4) is 0 Å². The second kappa shape index (κ2) is 11.2. The van der Waals surface area contributed by atoms with Gasteiger partial charge in [-0.05, 0) is 62.2 Å². The Morgan fingerprint density at radius 3 is 2.72 bits per heavy atom. The van der Waals surface area contributed by atoms with Crippen LogP contribution in [-0.2, 0) is 9.53 Å². The van der Waals surface area contributed by atoms with Gasteiger partial charge < -0.3 is 23.7 Å². The number of carbonyl (C=O) groups excluding carboxylic acids is 1. The number of hydrogen-bond donors (Lipinski definition) is 0. The second-order valence-electron chi connectivity index (χ2n) is 8.65. The zero-order valence-electron chi connectivity index (χ0n) is 21.9. The maximum atomic E-state index is 13.9. The fourth-order valence-corrected chi connectivity index (χ4v) is 5.54. The zero-order valence-corrected chi connectivity index (χ0v) is 22.7. The lowest BCUT2D eigenvalue weighted by molar-refractivity contribution is -0.139. The highest BCUT2D eigenvalue weighted by Crippen LogP contribution is 2.36. The maximum absolute atomic E-state index is 13.9. The molecule has 5 rings (SSSR count). The van der Waals surface area contributed by atoms with Crippen molar-refractivity contribution in [3.05, 3.63) is 91.1 Å². The monoisotopic (exact) mass is 548 g/mol. The van der Waals surface area contributed by atoms with Crippen molar-refractivity contribution in [1.82, 2.24) is 4.57 Å². The van der Waals surface area contributed by atoms with Crippen molar-refractivity contribution in [1.29, 1.82) is 0 Å². The molecule has 2 aliphatic rings. The van der Waals surface area contributed by atoms with Crippen LogP contribution in [0.4, 0.5) is 0 Å². The standard InChI is InChI=1S/C29H28N2O7S/c1-5-12-36-20-11-9-19(15-23(20)34-6-2)26-25(28(33)35-7-3)17(4)30-29-31(26)27(32)24(39-29)14-18-8-10-21-22(13-18)38-16-37-21/h5,8-11,13-15,26H,1,6-7,12,16H2,2-4H3/b24-14-/t26-/m1/s1. The summed E-state index contributed by atoms with van der Waals surface area (Å²) in [6.45, 7) is 10.1. The van der Waals surface area contributed by atoms with Crippen molar-refractivity contribution in [2.24, 2.45) is 4.99 Å². The van der Waals surface area contributed by atoms with Gasteiger partial charge in [0.05, 0.1) is 35.1 Å². The van der Waals surface area contributed by atoms with Crippen LogP contribution in [-0.4, -0.2) is 37.1 Å². The highest BCUT2D eigenvalue weighted by atomic mass is 32.1. The summed E-state index contributed by atoms with van der Waals surface area (Å²) in [4.78, 5) is 32.2. The Balaban J connectivity index is 1.67. The average Bonchev–Trinajstić information content (AvgIpc) is 3.51. The van der Waals surface area contributed by atoms with Gasteiger partial charge in [0.1, 0.15) is 6.61 Å². The number of aromatic nitrogens is 1. The third-order valence-electron chi connectivity index (χ3n) is 6.15. The molecule has 3 aromatic rings. The van der Waals surface area contributed by atoms with Gasteiger partial charge in [-0.15, -0.1) is 0 Å². The summed E-state index contributed by atoms with van der Waals surface area (Å²) in [6.07, 6.45) is 3.43. The second-order valence-corrected chi connectivity index (χ2v) is 9.66. The molecule has 3 heterocycles. The molecule has 0 fully saturated rings. The lowest BCUT2D eigenvalue weighted by Gasteiger charge is -2.25. The predicted octanol–water partition coefficient (Wildman–Crippen LogP) is 3.49. The maximum Gasteiger partial charge on any atom is 0.338 e. The van der Waals surface area contributed by atoms with E-state index in [-0.39, 0.29) is 19.0 Å². The van der Waals surface area contributed by atoms with Crippen LogP contribution in [0.1, 0.15) is 37.9 Å². The van der Waals surface area contributed by atoms with E-state index >= 15 is 0 Å². The number of benzene rings is 2. The molecule has 0 radical (unpaired) electrons. The molecule has 9 nitrogen and oxygen atoms in total. The molecule has 0 unspecified atom stereocenters. The van der Waals surface area contributed by atoms with Gasteiger partial charge in [0, 0.05) is 0 Å². The SMILES string of the molecule is C=CCOc1ccc([C@@H]2C(C(=O)OCC)=C(C)N=c3s/c(=C\c4ccc5c(c4)OCO5)c(=O)n32)cc1OCC. The van der Waals surface area contributed by atoms with Gasteiger partial charge in [-0.3, -0.25) is 9.36 Å². The molecule has 0 amide bonds. The summed E-state index contributed by atoms with van der Waals surface area (Å²) in [7, 11) is 0. The molecule has 2 aliphatic heterocycles. The van der Waals surface area contributed by atoms with Crippen LogP contribution in [0.5, 0.6) is 23.0 Å². The molecule has 2 aromatic carbocycles. The number of rotatable bonds is 9. The molecule has 10 heteroatoms. The van der Waals surface area contributed by atoms with Gasteiger partial charge in [-0.1, -0.05) is 36.1 Å². The number of allylic oxidation sites excluding steroid dienone is 1. The minimum absolute atomic E-state index is 0.165. The minimum atomic E-state index is -0.771. The molecule has 0 saturated heterocycles. The highest BCUT2D eigenvalue weighted by Gasteiger charge is 2.34. The summed E-state index contributed by atoms with van der Waals surface area (Å²) in [5, 5.41) is 0. The van der Waals surface area contributed by atoms with E-state index in [2.05, 4.69) is 11.6 Å². The zero-order chi connectivity index (χ0) is 27.5. The van der Waals surface area contributed by atoms with Crippen LogP contribution in [0.25, 0.3) is 6.08 Å². The number of fused-ring (bicyclic) bond motifs is 2. The Hall–Kier alpha value is -4.31. The van der Waals surface area contributed by atoms with Crippen molar-refractivity contribution < 1.29 is 28.5 Å². The van der Waals surface area contributed by atoms with Crippen molar-refractivity contribution >= 4 is 23.4 Å². The van der Waals surface area contributed by atoms with Gasteiger partial charge in [-0.2, -0.15) is 0 Å². The molecule has 0 spiro atoms. The molecule has 0 N–H and O–H groups in total. The van der Waals surface area contributed by atoms with E-state index in [1.54, 1.807) is 38.1 Å². The Morgan fingerprint density at radius 2 is 1.95 bits per heavy atom. The number of hydrogen-bond acceptors (Lipinski definition) is 9. The number of esters is 1. The Bertz CT molecular complexity index is 1650. The Morgan fingerprint density at radius 1 is 1.13 bits per heavy atom. The van der Waals surface area contributed by atoms with Crippen molar-refractivity contribution in [3.63, 3.8) is 0 Å². The lowest BCUT2D eigenvalue weighted by atomic mass is 9.95. The first-order chi connectivity index (χ1) is 18.9. The number of carbonyl (C=O) groups is 1. The largest absolute Gasteiger partial charge is 0.490 e. The Labute approximate surface area is 228 Å². The van der Waals surface area contributed by atoms with Gasteiger partial charge >= 0.3 is 5.97 Å². The quantitative estimate of drug-likeness (QED) is 0.298. The fourth-order valence-electron chi connectivity index (χ4n) is 4.49. The molecule has 39 heavy (non-hydrogen) atoms. The van der Waals surface area contributed by atoms with E-state index in [1.165, 1.54) is 15.9 Å². The molecule has 0 aliphatic carbocycles. The van der Waals surface area contributed by atoms with E-state index < -0.39 is 12.0 Å². The van der Waals surface area contributed by atoms with Crippen LogP contribution < -0.4 is 33.8 Å². The van der Waals surface area contributed by atoms with Crippen molar-refractivity contribution in [3.8, 4) is 23.0 Å². The van der Waals surface area contributed by atoms with E-state index in [1.807, 2.05) is 31.2 Å². The third-order valence-corrected chi connectivity index (χ3v) is 7.13. The summed E-state index contributed by atoms with van der Waals surface area (Å²) in [5.74, 6) is 1.79. The first-order valence-corrected chi connectivity index (χ1v) is 13.4. The Kier molecular flexibility index (Phi) is 7.56. The summed E-state index contributed by atoms with van der Waals surface area (Å²) in [5.41, 5.74) is 1.95. The molecular weight excluding hydrogens is 520 g/mol. The molecule has 202 valence electrons. The first kappa shape index (κ1) is 26.3. The van der Waals surface area contributed by atoms with Gasteiger partial charge in [-0.25, -0.2) is 9.79 Å². The molecule has 1 atom stereocenters. The normalized spacial score (nSPS) is 16.0. The average molecular weight is 549 g/mol. The van der Waals surface area contributed by atoms with Crippen molar-refractivity contribution in [2.75, 3.05) is 26.6 Å². The van der Waals surface area contributed by atoms with Crippen LogP contribution in [0, 0.1) is 0 Å². The molecular formula is C29H28N2O7S. The topological polar surface area (TPSA) is 97.6 Å². The molecule has 1 aromatic heterocycles. The summed E-state index contributed by atoms with van der Waals surface area (Å²) < 4.78 is 29.9. The van der Waals surface area contributed by atoms with Crippen LogP contribution in [0.2, 0.25) is 0 Å². The number of nitrogens with zero attached hydrogens (tertiary/aromatic N) is 2. The van der Waals surface area contributed by atoms with E-state index in [4.69, 9.17) is 23.7 Å². The summed E-state index contributed by atoms with van der Waals surface area (Å²) in [6, 6.07) is 10.1. The van der Waals surface area contributed by atoms with E-state index in [9.17, 15) is 9.59 Å². The van der Waals surface area contributed by atoms with Crippen molar-refractivity contribution in [2.45, 2.75) is 26.8 Å². The number of thiazole rings is 1. The predicted molar refractivity (Wildman–Crippen MR) is 146 cm³/mol. The molecule has 0 bridgehead atoms. The summed E-state index contributed by atoms with van der Waals surface area (Å²) >= 11 is 1.25. The minimum Gasteiger partial charge on any atom is -0.490 e. The van der Waals surface area contributed by atoms with E-state index in [0.717, 1.165) is 5.56 Å². The highest BCUT2D eigenvalue weighted by molar-refractivity contribution is 7.07. The van der Waals surface area contributed by atoms with Crippen LogP contribution >= 0.6 is 11.3 Å². The van der Waals surface area contributed by atoms with Crippen LogP contribution in [0.15, 0.2) is 70.1 Å².